The summed E-state index contributed by atoms with van der Waals surface area (Å²) in [5.74, 6) is 0. The van der Waals surface area contributed by atoms with E-state index >= 15 is 0 Å². The van der Waals surface area contributed by atoms with Crippen molar-refractivity contribution in [1.29, 1.82) is 0 Å². The lowest BCUT2D eigenvalue weighted by Crippen LogP contribution is -2.36. The molecule has 0 amide bonds. The van der Waals surface area contributed by atoms with Crippen LogP contribution in [0.2, 0.25) is 0 Å². The zero-order valence-corrected chi connectivity index (χ0v) is 7.42. The molecule has 0 aromatic carbocycles. The van der Waals surface area contributed by atoms with Crippen molar-refractivity contribution in [2.24, 2.45) is 0 Å². The van der Waals surface area contributed by atoms with Crippen molar-refractivity contribution >= 4 is 6.29 Å². The summed E-state index contributed by atoms with van der Waals surface area (Å²) in [4.78, 5) is 12.8. The molecule has 11 heavy (non-hydrogen) atoms. The Morgan fingerprint density at radius 3 is 2.64 bits per heavy atom. The lowest BCUT2D eigenvalue weighted by atomic mass is 10.3. The highest BCUT2D eigenvalue weighted by Gasteiger charge is 2.30. The predicted octanol–water partition coefficient (Wildman–Crippen LogP) is 1.45. The lowest BCUT2D eigenvalue weighted by molar-refractivity contribution is -0.112. The molecule has 1 aliphatic carbocycles. The maximum Gasteiger partial charge on any atom is 0.136 e. The van der Waals surface area contributed by atoms with Crippen LogP contribution in [0.1, 0.15) is 33.1 Å². The summed E-state index contributed by atoms with van der Waals surface area (Å²) in [5.41, 5.74) is 0. The number of carbonyl (C=O) groups excluding carboxylic acids is 1. The van der Waals surface area contributed by atoms with Gasteiger partial charge in [-0.1, -0.05) is 6.92 Å². The molecule has 1 atom stereocenters. The first-order chi connectivity index (χ1) is 5.29. The fourth-order valence-corrected chi connectivity index (χ4v) is 1.46. The van der Waals surface area contributed by atoms with Gasteiger partial charge in [0.1, 0.15) is 6.29 Å². The number of hydrogen-bond acceptors (Lipinski definition) is 2. The molecule has 64 valence electrons. The quantitative estimate of drug-likeness (QED) is 0.560. The minimum absolute atomic E-state index is 0.127. The molecule has 1 rings (SSSR count). The van der Waals surface area contributed by atoms with Crippen LogP contribution in [0.4, 0.5) is 0 Å². The number of carbonyl (C=O) groups is 1. The largest absolute Gasteiger partial charge is 0.302 e. The van der Waals surface area contributed by atoms with Gasteiger partial charge in [0.15, 0.2) is 0 Å². The molecule has 0 radical (unpaired) electrons. The van der Waals surface area contributed by atoms with Crippen LogP contribution < -0.4 is 0 Å². The summed E-state index contributed by atoms with van der Waals surface area (Å²) < 4.78 is 0. The second-order valence-electron chi connectivity index (χ2n) is 3.35. The van der Waals surface area contributed by atoms with Gasteiger partial charge in [0.05, 0.1) is 6.04 Å². The molecule has 2 heteroatoms. The SMILES string of the molecule is CCCN(C(C)C=O)C1CC1. The Morgan fingerprint density at radius 2 is 2.27 bits per heavy atom. The Hall–Kier alpha value is -0.370. The molecule has 0 heterocycles. The third kappa shape index (κ3) is 2.29. The van der Waals surface area contributed by atoms with E-state index in [0.29, 0.717) is 0 Å². The van der Waals surface area contributed by atoms with Crippen molar-refractivity contribution in [3.63, 3.8) is 0 Å². The van der Waals surface area contributed by atoms with Crippen LogP contribution in [-0.4, -0.2) is 29.8 Å². The van der Waals surface area contributed by atoms with E-state index in [1.807, 2.05) is 6.92 Å². The Balaban J connectivity index is 2.36. The van der Waals surface area contributed by atoms with E-state index < -0.39 is 0 Å². The summed E-state index contributed by atoms with van der Waals surface area (Å²) in [6, 6.07) is 0.845. The molecule has 0 spiro atoms. The van der Waals surface area contributed by atoms with Crippen molar-refractivity contribution < 1.29 is 4.79 Å². The maximum atomic E-state index is 10.5. The van der Waals surface area contributed by atoms with Gasteiger partial charge in [-0.3, -0.25) is 4.90 Å². The van der Waals surface area contributed by atoms with E-state index in [-0.39, 0.29) is 6.04 Å². The van der Waals surface area contributed by atoms with Crippen LogP contribution in [0, 0.1) is 0 Å². The fraction of sp³-hybridized carbons (Fsp3) is 0.889. The molecule has 1 aliphatic rings. The van der Waals surface area contributed by atoms with Crippen LogP contribution in [0.15, 0.2) is 0 Å². The number of aldehydes is 1. The average molecular weight is 155 g/mol. The Labute approximate surface area is 68.6 Å². The topological polar surface area (TPSA) is 20.3 Å². The summed E-state index contributed by atoms with van der Waals surface area (Å²) in [5, 5.41) is 0. The van der Waals surface area contributed by atoms with Gasteiger partial charge in [-0.25, -0.2) is 0 Å². The zero-order valence-electron chi connectivity index (χ0n) is 7.42. The lowest BCUT2D eigenvalue weighted by Gasteiger charge is -2.24. The zero-order chi connectivity index (χ0) is 8.27. The molecular formula is C9H17NO. The Kier molecular flexibility index (Phi) is 3.06. The normalized spacial score (nSPS) is 20.3. The van der Waals surface area contributed by atoms with E-state index in [1.165, 1.54) is 12.8 Å². The number of nitrogens with zero attached hydrogens (tertiary/aromatic N) is 1. The van der Waals surface area contributed by atoms with Crippen molar-refractivity contribution in [3.8, 4) is 0 Å². The highest BCUT2D eigenvalue weighted by atomic mass is 16.1. The first kappa shape index (κ1) is 8.72. The van der Waals surface area contributed by atoms with Gasteiger partial charge in [0.25, 0.3) is 0 Å². The third-order valence-electron chi connectivity index (χ3n) is 2.22. The molecule has 0 aromatic rings. The first-order valence-electron chi connectivity index (χ1n) is 4.50. The Bertz CT molecular complexity index is 132. The molecule has 0 saturated heterocycles. The van der Waals surface area contributed by atoms with Crippen LogP contribution in [-0.2, 0) is 4.79 Å². The highest BCUT2D eigenvalue weighted by Crippen LogP contribution is 2.28. The van der Waals surface area contributed by atoms with E-state index in [1.54, 1.807) is 0 Å². The highest BCUT2D eigenvalue weighted by molar-refractivity contribution is 5.56. The van der Waals surface area contributed by atoms with E-state index in [9.17, 15) is 4.79 Å². The van der Waals surface area contributed by atoms with E-state index in [2.05, 4.69) is 11.8 Å². The first-order valence-corrected chi connectivity index (χ1v) is 4.50. The fourth-order valence-electron chi connectivity index (χ4n) is 1.46. The maximum absolute atomic E-state index is 10.5. The molecule has 1 saturated carbocycles. The number of hydrogen-bond donors (Lipinski definition) is 0. The standard InChI is InChI=1S/C9H17NO/c1-3-6-10(8(2)7-11)9-4-5-9/h7-9H,3-6H2,1-2H3. The van der Waals surface area contributed by atoms with Crippen molar-refractivity contribution in [1.82, 2.24) is 4.90 Å². The monoisotopic (exact) mass is 155 g/mol. The number of rotatable bonds is 5. The second kappa shape index (κ2) is 3.86. The third-order valence-corrected chi connectivity index (χ3v) is 2.22. The minimum atomic E-state index is 0.127. The van der Waals surface area contributed by atoms with Crippen LogP contribution in [0.3, 0.4) is 0 Å². The van der Waals surface area contributed by atoms with Crippen LogP contribution in [0.5, 0.6) is 0 Å². The van der Waals surface area contributed by atoms with Crippen molar-refractivity contribution in [2.45, 2.75) is 45.2 Å². The molecule has 1 fully saturated rings. The molecular weight excluding hydrogens is 138 g/mol. The van der Waals surface area contributed by atoms with Gasteiger partial charge in [0.2, 0.25) is 0 Å². The van der Waals surface area contributed by atoms with Gasteiger partial charge >= 0.3 is 0 Å². The van der Waals surface area contributed by atoms with Gasteiger partial charge in [-0.05, 0) is 32.7 Å². The van der Waals surface area contributed by atoms with Crippen LogP contribution in [0.25, 0.3) is 0 Å². The summed E-state index contributed by atoms with van der Waals surface area (Å²) in [7, 11) is 0. The predicted molar refractivity (Wildman–Crippen MR) is 45.5 cm³/mol. The molecule has 0 aromatic heterocycles. The minimum Gasteiger partial charge on any atom is -0.302 e. The molecule has 1 unspecified atom stereocenters. The van der Waals surface area contributed by atoms with Crippen LogP contribution >= 0.6 is 0 Å². The average Bonchev–Trinajstić information content (AvgIpc) is 2.81. The molecule has 0 aliphatic heterocycles. The van der Waals surface area contributed by atoms with E-state index in [4.69, 9.17) is 0 Å². The van der Waals surface area contributed by atoms with Gasteiger partial charge in [-0.2, -0.15) is 0 Å². The molecule has 2 nitrogen and oxygen atoms in total. The second-order valence-corrected chi connectivity index (χ2v) is 3.35. The summed E-state index contributed by atoms with van der Waals surface area (Å²) >= 11 is 0. The molecule has 0 bridgehead atoms. The Morgan fingerprint density at radius 1 is 1.64 bits per heavy atom. The molecule has 0 N–H and O–H groups in total. The van der Waals surface area contributed by atoms with Gasteiger partial charge < -0.3 is 4.79 Å². The van der Waals surface area contributed by atoms with Crippen molar-refractivity contribution in [3.05, 3.63) is 0 Å². The van der Waals surface area contributed by atoms with Crippen molar-refractivity contribution in [2.75, 3.05) is 6.54 Å². The summed E-state index contributed by atoms with van der Waals surface area (Å²) in [6.07, 6.45) is 4.78. The van der Waals surface area contributed by atoms with E-state index in [0.717, 1.165) is 25.3 Å². The summed E-state index contributed by atoms with van der Waals surface area (Å²) in [6.45, 7) is 5.22. The smallest absolute Gasteiger partial charge is 0.136 e. The van der Waals surface area contributed by atoms with Gasteiger partial charge in [-0.15, -0.1) is 0 Å². The van der Waals surface area contributed by atoms with Gasteiger partial charge in [0, 0.05) is 6.04 Å².